The minimum Gasteiger partial charge on any atom is -0.497 e. The number of ether oxygens (including phenoxy) is 1. The smallest absolute Gasteiger partial charge is 0.279 e. The van der Waals surface area contributed by atoms with Crippen molar-refractivity contribution in [3.63, 3.8) is 0 Å². The fraction of sp³-hybridized carbons (Fsp3) is 0.556. The highest BCUT2D eigenvalue weighted by atomic mass is 16.5. The predicted octanol–water partition coefficient (Wildman–Crippen LogP) is 0.407. The first-order chi connectivity index (χ1) is 11.5. The van der Waals surface area contributed by atoms with E-state index in [-0.39, 0.29) is 18.4 Å². The quantitative estimate of drug-likeness (QED) is 0.792. The standard InChI is InChI=1S/C18H27N3O3/c1-14-5-4-10-21(11-14)18(23)13-20(2)12-17(22)19-15-6-8-16(24-3)9-7-15/h6-9,14H,4-5,10-13H2,1-3H3,(H,19,22)/p+1/t14-/m0/s1. The van der Waals surface area contributed by atoms with Gasteiger partial charge < -0.3 is 19.9 Å². The van der Waals surface area contributed by atoms with Gasteiger partial charge in [-0.2, -0.15) is 0 Å². The van der Waals surface area contributed by atoms with Gasteiger partial charge in [0, 0.05) is 18.8 Å². The molecule has 2 amide bonds. The third kappa shape index (κ3) is 5.53. The molecule has 0 aliphatic carbocycles. The number of rotatable bonds is 6. The van der Waals surface area contributed by atoms with Crippen LogP contribution in [-0.2, 0) is 9.59 Å². The Labute approximate surface area is 143 Å². The highest BCUT2D eigenvalue weighted by molar-refractivity contribution is 5.91. The largest absolute Gasteiger partial charge is 0.497 e. The molecule has 0 saturated carbocycles. The Kier molecular flexibility index (Phi) is 6.61. The molecule has 1 unspecified atom stereocenters. The maximum atomic E-state index is 12.3. The van der Waals surface area contributed by atoms with Gasteiger partial charge in [0.1, 0.15) is 5.75 Å². The van der Waals surface area contributed by atoms with Gasteiger partial charge >= 0.3 is 0 Å². The zero-order valence-electron chi connectivity index (χ0n) is 14.8. The number of likely N-dealkylation sites (N-methyl/N-ethyl adjacent to an activating group) is 1. The second-order valence-corrected chi connectivity index (χ2v) is 6.67. The summed E-state index contributed by atoms with van der Waals surface area (Å²) in [6, 6.07) is 7.19. The van der Waals surface area contributed by atoms with Crippen LogP contribution in [0, 0.1) is 5.92 Å². The van der Waals surface area contributed by atoms with Gasteiger partial charge in [0.05, 0.1) is 14.2 Å². The summed E-state index contributed by atoms with van der Waals surface area (Å²) in [6.07, 6.45) is 2.26. The molecule has 2 atom stereocenters. The van der Waals surface area contributed by atoms with Gasteiger partial charge in [0.15, 0.2) is 13.1 Å². The molecule has 6 heteroatoms. The Hall–Kier alpha value is -2.08. The minimum atomic E-state index is -0.0996. The van der Waals surface area contributed by atoms with Crippen LogP contribution in [0.25, 0.3) is 0 Å². The monoisotopic (exact) mass is 334 g/mol. The minimum absolute atomic E-state index is 0.0996. The average Bonchev–Trinajstić information content (AvgIpc) is 2.55. The van der Waals surface area contributed by atoms with E-state index < -0.39 is 0 Å². The Morgan fingerprint density at radius 2 is 2.00 bits per heavy atom. The van der Waals surface area contributed by atoms with Crippen molar-refractivity contribution in [3.8, 4) is 5.75 Å². The third-order valence-corrected chi connectivity index (χ3v) is 4.30. The molecule has 1 aliphatic rings. The van der Waals surface area contributed by atoms with Crippen molar-refractivity contribution in [2.24, 2.45) is 5.92 Å². The second-order valence-electron chi connectivity index (χ2n) is 6.67. The molecule has 0 radical (unpaired) electrons. The number of anilines is 1. The molecule has 1 aliphatic heterocycles. The molecular weight excluding hydrogens is 306 g/mol. The number of carbonyl (C=O) groups is 2. The molecule has 2 N–H and O–H groups in total. The van der Waals surface area contributed by atoms with Gasteiger partial charge in [0.25, 0.3) is 11.8 Å². The van der Waals surface area contributed by atoms with Crippen molar-refractivity contribution in [1.82, 2.24) is 4.90 Å². The number of methoxy groups -OCH3 is 1. The number of nitrogens with one attached hydrogen (secondary N) is 2. The maximum absolute atomic E-state index is 12.3. The van der Waals surface area contributed by atoms with Crippen molar-refractivity contribution in [2.45, 2.75) is 19.8 Å². The van der Waals surface area contributed by atoms with Gasteiger partial charge in [-0.05, 0) is 43.0 Å². The first-order valence-corrected chi connectivity index (χ1v) is 8.51. The Bertz CT molecular complexity index is 559. The lowest BCUT2D eigenvalue weighted by molar-refractivity contribution is -0.862. The summed E-state index contributed by atoms with van der Waals surface area (Å²) in [5.41, 5.74) is 0.727. The van der Waals surface area contributed by atoms with E-state index >= 15 is 0 Å². The van der Waals surface area contributed by atoms with Crippen LogP contribution in [0.2, 0.25) is 0 Å². The van der Waals surface area contributed by atoms with Gasteiger partial charge in [-0.25, -0.2) is 0 Å². The summed E-state index contributed by atoms with van der Waals surface area (Å²) in [5, 5.41) is 2.84. The van der Waals surface area contributed by atoms with E-state index in [0.717, 1.165) is 35.8 Å². The molecule has 132 valence electrons. The van der Waals surface area contributed by atoms with Crippen molar-refractivity contribution < 1.29 is 19.2 Å². The van der Waals surface area contributed by atoms with Crippen molar-refractivity contribution in [1.29, 1.82) is 0 Å². The number of likely N-dealkylation sites (tertiary alicyclic amines) is 1. The fourth-order valence-corrected chi connectivity index (χ4v) is 3.00. The summed E-state index contributed by atoms with van der Waals surface area (Å²) in [5.74, 6) is 1.35. The first kappa shape index (κ1) is 18.3. The normalized spacial score (nSPS) is 18.8. The molecule has 0 spiro atoms. The Morgan fingerprint density at radius 3 is 2.62 bits per heavy atom. The van der Waals surface area contributed by atoms with Crippen LogP contribution in [0.3, 0.4) is 0 Å². The van der Waals surface area contributed by atoms with E-state index in [1.807, 2.05) is 11.9 Å². The molecule has 1 fully saturated rings. The van der Waals surface area contributed by atoms with Gasteiger partial charge in [0.2, 0.25) is 0 Å². The molecular formula is C18H28N3O3+. The van der Waals surface area contributed by atoms with Crippen LogP contribution in [0.5, 0.6) is 5.75 Å². The summed E-state index contributed by atoms with van der Waals surface area (Å²) in [4.78, 5) is 27.2. The number of quaternary nitrogens is 1. The van der Waals surface area contributed by atoms with Crippen molar-refractivity contribution in [3.05, 3.63) is 24.3 Å². The SMILES string of the molecule is COc1ccc(NC(=O)C[NH+](C)CC(=O)N2CCC[C@H](C)C2)cc1. The predicted molar refractivity (Wildman–Crippen MR) is 93.2 cm³/mol. The summed E-state index contributed by atoms with van der Waals surface area (Å²) in [7, 11) is 3.48. The number of carbonyl (C=O) groups excluding carboxylic acids is 2. The van der Waals surface area contributed by atoms with E-state index in [2.05, 4.69) is 12.2 Å². The lowest BCUT2D eigenvalue weighted by Crippen LogP contribution is -3.11. The fourth-order valence-electron chi connectivity index (χ4n) is 3.00. The molecule has 0 aromatic heterocycles. The molecule has 1 saturated heterocycles. The first-order valence-electron chi connectivity index (χ1n) is 8.51. The zero-order valence-corrected chi connectivity index (χ0v) is 14.8. The molecule has 1 aromatic rings. The molecule has 2 rings (SSSR count). The van der Waals surface area contributed by atoms with Gasteiger partial charge in [-0.1, -0.05) is 6.92 Å². The van der Waals surface area contributed by atoms with Crippen LogP contribution < -0.4 is 15.0 Å². The summed E-state index contributed by atoms with van der Waals surface area (Å²) in [6.45, 7) is 4.47. The van der Waals surface area contributed by atoms with Crippen molar-refractivity contribution in [2.75, 3.05) is 45.7 Å². The summed E-state index contributed by atoms with van der Waals surface area (Å²) < 4.78 is 5.09. The Morgan fingerprint density at radius 1 is 1.29 bits per heavy atom. The number of nitrogens with zero attached hydrogens (tertiary/aromatic N) is 1. The Balaban J connectivity index is 1.77. The highest BCUT2D eigenvalue weighted by Crippen LogP contribution is 2.15. The van der Waals surface area contributed by atoms with E-state index in [0.29, 0.717) is 12.5 Å². The number of hydrogen-bond donors (Lipinski definition) is 2. The number of benzene rings is 1. The molecule has 1 aromatic carbocycles. The number of hydrogen-bond acceptors (Lipinski definition) is 3. The van der Waals surface area contributed by atoms with E-state index in [1.165, 1.54) is 6.42 Å². The number of amides is 2. The van der Waals surface area contributed by atoms with Crippen LogP contribution in [0.1, 0.15) is 19.8 Å². The topological polar surface area (TPSA) is 63.1 Å². The molecule has 24 heavy (non-hydrogen) atoms. The maximum Gasteiger partial charge on any atom is 0.279 e. The van der Waals surface area contributed by atoms with Crippen LogP contribution in [-0.4, -0.2) is 57.1 Å². The number of piperidine rings is 1. The molecule has 0 bridgehead atoms. The lowest BCUT2D eigenvalue weighted by Gasteiger charge is -2.31. The van der Waals surface area contributed by atoms with Crippen LogP contribution >= 0.6 is 0 Å². The van der Waals surface area contributed by atoms with Crippen LogP contribution in [0.4, 0.5) is 5.69 Å². The molecule has 1 heterocycles. The van der Waals surface area contributed by atoms with E-state index in [9.17, 15) is 9.59 Å². The van der Waals surface area contributed by atoms with Gasteiger partial charge in [-0.3, -0.25) is 9.59 Å². The second kappa shape index (κ2) is 8.68. The zero-order chi connectivity index (χ0) is 17.5. The van der Waals surface area contributed by atoms with E-state index in [1.54, 1.807) is 31.4 Å². The van der Waals surface area contributed by atoms with Crippen molar-refractivity contribution >= 4 is 17.5 Å². The van der Waals surface area contributed by atoms with E-state index in [4.69, 9.17) is 4.74 Å². The summed E-state index contributed by atoms with van der Waals surface area (Å²) >= 11 is 0. The lowest BCUT2D eigenvalue weighted by atomic mass is 10.0. The average molecular weight is 334 g/mol. The highest BCUT2D eigenvalue weighted by Gasteiger charge is 2.24. The molecule has 6 nitrogen and oxygen atoms in total. The van der Waals surface area contributed by atoms with Crippen LogP contribution in [0.15, 0.2) is 24.3 Å². The van der Waals surface area contributed by atoms with Gasteiger partial charge in [-0.15, -0.1) is 0 Å². The third-order valence-electron chi connectivity index (χ3n) is 4.30.